The lowest BCUT2D eigenvalue weighted by Gasteiger charge is -2.34. The highest BCUT2D eigenvalue weighted by Gasteiger charge is 2.44. The van der Waals surface area contributed by atoms with Crippen molar-refractivity contribution in [2.24, 2.45) is 0 Å². The highest BCUT2D eigenvalue weighted by atomic mass is 28.4. The van der Waals surface area contributed by atoms with E-state index < -0.39 is 8.32 Å². The van der Waals surface area contributed by atoms with Crippen LogP contribution in [0.25, 0.3) is 0 Å². The summed E-state index contributed by atoms with van der Waals surface area (Å²) >= 11 is 0. The standard InChI is InChI=1S/C30H28OSi/c1-2-15-27(25-24-26-16-7-3-8-17-26)31-32(28-18-9-4-10-19-28,29-20-11-5-12-21-29)30-22-13-6-14-23-30/h2-14,16-23,25H,1,15,24H2/b27-25-. The van der Waals surface area contributed by atoms with Crippen LogP contribution in [0.3, 0.4) is 0 Å². The van der Waals surface area contributed by atoms with Gasteiger partial charge in [-0.15, -0.1) is 6.58 Å². The number of benzene rings is 4. The molecule has 4 rings (SSSR count). The molecule has 0 heterocycles. The maximum Gasteiger partial charge on any atom is 0.346 e. The third-order valence-electron chi connectivity index (χ3n) is 5.58. The number of hydrogen-bond donors (Lipinski definition) is 0. The van der Waals surface area contributed by atoms with Gasteiger partial charge < -0.3 is 4.43 Å². The third kappa shape index (κ3) is 4.82. The molecule has 0 N–H and O–H groups in total. The van der Waals surface area contributed by atoms with E-state index in [-0.39, 0.29) is 0 Å². The van der Waals surface area contributed by atoms with Gasteiger partial charge in [0.15, 0.2) is 0 Å². The summed E-state index contributed by atoms with van der Waals surface area (Å²) in [5, 5.41) is 3.69. The van der Waals surface area contributed by atoms with E-state index >= 15 is 0 Å². The summed E-state index contributed by atoms with van der Waals surface area (Å²) in [7, 11) is -2.78. The van der Waals surface area contributed by atoms with Crippen molar-refractivity contribution in [1.82, 2.24) is 0 Å². The second-order valence-electron chi connectivity index (χ2n) is 7.73. The zero-order chi connectivity index (χ0) is 22.1. The molecule has 1 nitrogen and oxygen atoms in total. The summed E-state index contributed by atoms with van der Waals surface area (Å²) in [4.78, 5) is 0. The lowest BCUT2D eigenvalue weighted by atomic mass is 10.1. The van der Waals surface area contributed by atoms with Crippen molar-refractivity contribution in [2.45, 2.75) is 12.8 Å². The van der Waals surface area contributed by atoms with E-state index in [0.717, 1.165) is 12.2 Å². The maximum absolute atomic E-state index is 7.19. The average Bonchev–Trinajstić information content (AvgIpc) is 2.88. The first-order chi connectivity index (χ1) is 15.8. The Balaban J connectivity index is 1.87. The molecule has 0 aliphatic carbocycles. The van der Waals surface area contributed by atoms with Gasteiger partial charge in [-0.3, -0.25) is 0 Å². The number of rotatable bonds is 9. The van der Waals surface area contributed by atoms with Crippen molar-refractivity contribution in [3.05, 3.63) is 151 Å². The van der Waals surface area contributed by atoms with E-state index in [4.69, 9.17) is 4.43 Å². The highest BCUT2D eigenvalue weighted by Crippen LogP contribution is 2.18. The molecular formula is C30H28OSi. The van der Waals surface area contributed by atoms with Gasteiger partial charge in [0, 0.05) is 6.42 Å². The van der Waals surface area contributed by atoms with Crippen LogP contribution < -0.4 is 15.6 Å². The lowest BCUT2D eigenvalue weighted by molar-refractivity contribution is 0.424. The normalized spacial score (nSPS) is 11.7. The van der Waals surface area contributed by atoms with Crippen LogP contribution in [0, 0.1) is 0 Å². The molecule has 4 aromatic rings. The zero-order valence-electron chi connectivity index (χ0n) is 18.2. The predicted octanol–water partition coefficient (Wildman–Crippen LogP) is 5.37. The molecule has 0 aliphatic heterocycles. The van der Waals surface area contributed by atoms with Crippen molar-refractivity contribution in [1.29, 1.82) is 0 Å². The first kappa shape index (κ1) is 21.6. The molecule has 0 fully saturated rings. The van der Waals surface area contributed by atoms with Crippen LogP contribution in [0.4, 0.5) is 0 Å². The molecule has 2 heteroatoms. The summed E-state index contributed by atoms with van der Waals surface area (Å²) < 4.78 is 7.19. The molecular weight excluding hydrogens is 404 g/mol. The van der Waals surface area contributed by atoms with Gasteiger partial charge in [0.2, 0.25) is 0 Å². The molecule has 0 amide bonds. The Hall–Kier alpha value is -3.62. The number of allylic oxidation sites excluding steroid dienone is 2. The van der Waals surface area contributed by atoms with E-state index in [1.54, 1.807) is 0 Å². The largest absolute Gasteiger partial charge is 0.534 e. The van der Waals surface area contributed by atoms with Gasteiger partial charge in [-0.2, -0.15) is 0 Å². The van der Waals surface area contributed by atoms with Crippen LogP contribution in [0.15, 0.2) is 146 Å². The molecule has 158 valence electrons. The predicted molar refractivity (Wildman–Crippen MR) is 138 cm³/mol. The van der Waals surface area contributed by atoms with E-state index in [0.29, 0.717) is 6.42 Å². The molecule has 0 aliphatic rings. The summed E-state index contributed by atoms with van der Waals surface area (Å²) in [5.41, 5.74) is 1.27. The molecule has 0 spiro atoms. The fraction of sp³-hybridized carbons (Fsp3) is 0.0667. The molecule has 0 atom stereocenters. The van der Waals surface area contributed by atoms with E-state index in [1.165, 1.54) is 21.1 Å². The van der Waals surface area contributed by atoms with Gasteiger partial charge in [0.05, 0.1) is 5.76 Å². The topological polar surface area (TPSA) is 9.23 Å². The Kier molecular flexibility index (Phi) is 7.16. The van der Waals surface area contributed by atoms with Gasteiger partial charge in [-0.1, -0.05) is 127 Å². The van der Waals surface area contributed by atoms with Gasteiger partial charge >= 0.3 is 8.32 Å². The Morgan fingerprint density at radius 3 is 1.44 bits per heavy atom. The number of hydrogen-bond acceptors (Lipinski definition) is 1. The Morgan fingerprint density at radius 2 is 1.03 bits per heavy atom. The van der Waals surface area contributed by atoms with Crippen molar-refractivity contribution < 1.29 is 4.43 Å². The SMILES string of the molecule is C=CC/C(=C/Cc1ccccc1)O[Si](c1ccccc1)(c1ccccc1)c1ccccc1. The van der Waals surface area contributed by atoms with Crippen molar-refractivity contribution >= 4 is 23.9 Å². The second-order valence-corrected chi connectivity index (χ2v) is 11.0. The quantitative estimate of drug-likeness (QED) is 0.149. The smallest absolute Gasteiger partial charge is 0.346 e. The van der Waals surface area contributed by atoms with Crippen LogP contribution in [0.5, 0.6) is 0 Å². The molecule has 0 unspecified atom stereocenters. The first-order valence-corrected chi connectivity index (χ1v) is 12.9. The van der Waals surface area contributed by atoms with E-state index in [1.807, 2.05) is 12.1 Å². The van der Waals surface area contributed by atoms with E-state index in [2.05, 4.69) is 128 Å². The van der Waals surface area contributed by atoms with Crippen LogP contribution >= 0.6 is 0 Å². The fourth-order valence-electron chi connectivity index (χ4n) is 4.05. The van der Waals surface area contributed by atoms with E-state index in [9.17, 15) is 0 Å². The summed E-state index contributed by atoms with van der Waals surface area (Å²) in [5.74, 6) is 0.965. The minimum atomic E-state index is -2.78. The van der Waals surface area contributed by atoms with Gasteiger partial charge in [0.25, 0.3) is 0 Å². The van der Waals surface area contributed by atoms with Crippen molar-refractivity contribution in [3.8, 4) is 0 Å². The Morgan fingerprint density at radius 1 is 0.625 bits per heavy atom. The van der Waals surface area contributed by atoms with Crippen molar-refractivity contribution in [2.75, 3.05) is 0 Å². The Labute approximate surface area is 192 Å². The summed E-state index contributed by atoms with van der Waals surface area (Å²) in [6.45, 7) is 4.00. The van der Waals surface area contributed by atoms with Crippen LogP contribution in [0.2, 0.25) is 0 Å². The monoisotopic (exact) mass is 432 g/mol. The molecule has 32 heavy (non-hydrogen) atoms. The van der Waals surface area contributed by atoms with Gasteiger partial charge in [-0.25, -0.2) is 0 Å². The minimum Gasteiger partial charge on any atom is -0.534 e. The lowest BCUT2D eigenvalue weighted by Crippen LogP contribution is -2.69. The molecule has 0 saturated heterocycles. The first-order valence-electron chi connectivity index (χ1n) is 11.0. The Bertz CT molecular complexity index is 1040. The average molecular weight is 433 g/mol. The molecule has 4 aromatic carbocycles. The van der Waals surface area contributed by atoms with Crippen LogP contribution in [0.1, 0.15) is 12.0 Å². The molecule has 0 radical (unpaired) electrons. The summed E-state index contributed by atoms with van der Waals surface area (Å²) in [6.07, 6.45) is 5.66. The molecule has 0 saturated carbocycles. The molecule has 0 bridgehead atoms. The van der Waals surface area contributed by atoms with Gasteiger partial charge in [0.1, 0.15) is 0 Å². The van der Waals surface area contributed by atoms with Crippen LogP contribution in [-0.4, -0.2) is 8.32 Å². The van der Waals surface area contributed by atoms with Crippen LogP contribution in [-0.2, 0) is 10.8 Å². The highest BCUT2D eigenvalue weighted by molar-refractivity contribution is 7.07. The maximum atomic E-state index is 7.19. The zero-order valence-corrected chi connectivity index (χ0v) is 19.2. The summed E-state index contributed by atoms with van der Waals surface area (Å²) in [6, 6.07) is 42.5. The van der Waals surface area contributed by atoms with Crippen molar-refractivity contribution in [3.63, 3.8) is 0 Å². The van der Waals surface area contributed by atoms with Gasteiger partial charge in [-0.05, 0) is 33.6 Å². The molecule has 0 aromatic heterocycles. The second kappa shape index (κ2) is 10.6. The minimum absolute atomic E-state index is 0.689. The fourth-order valence-corrected chi connectivity index (χ4v) is 7.95. The third-order valence-corrected chi connectivity index (χ3v) is 9.59.